The zero-order chi connectivity index (χ0) is 16.7. The molecule has 0 bridgehead atoms. The molecule has 1 heterocycles. The van der Waals surface area contributed by atoms with Crippen LogP contribution in [0.15, 0.2) is 24.0 Å². The van der Waals surface area contributed by atoms with Crippen LogP contribution in [0.25, 0.3) is 0 Å². The minimum absolute atomic E-state index is 0.0113. The van der Waals surface area contributed by atoms with Gasteiger partial charge in [-0.05, 0) is 38.5 Å². The number of hydrogen-bond acceptors (Lipinski definition) is 5. The zero-order valence-electron chi connectivity index (χ0n) is 12.8. The van der Waals surface area contributed by atoms with Crippen molar-refractivity contribution in [2.24, 2.45) is 5.41 Å². The first kappa shape index (κ1) is 16.4. The molecule has 0 amide bonds. The Bertz CT molecular complexity index is 675. The van der Waals surface area contributed by atoms with E-state index in [1.54, 1.807) is 26.8 Å². The minimum atomic E-state index is -1.15. The van der Waals surface area contributed by atoms with Crippen molar-refractivity contribution in [2.75, 3.05) is 7.11 Å². The fourth-order valence-electron chi connectivity index (χ4n) is 2.43. The molecule has 0 aliphatic carbocycles. The summed E-state index contributed by atoms with van der Waals surface area (Å²) in [6, 6.07) is 3.14. The molecule has 22 heavy (non-hydrogen) atoms. The number of ether oxygens (including phenoxy) is 2. The molecule has 0 fully saturated rings. The number of rotatable bonds is 2. The van der Waals surface area contributed by atoms with Crippen LogP contribution in [0, 0.1) is 12.3 Å². The molecule has 0 spiro atoms. The van der Waals surface area contributed by atoms with E-state index < -0.39 is 23.3 Å². The van der Waals surface area contributed by atoms with E-state index in [-0.39, 0.29) is 11.1 Å². The molecular weight excluding hydrogens is 308 g/mol. The number of aliphatic hydroxyl groups excluding tert-OH is 1. The van der Waals surface area contributed by atoms with Crippen LogP contribution in [0.5, 0.6) is 5.75 Å². The van der Waals surface area contributed by atoms with Crippen LogP contribution in [-0.4, -0.2) is 30.1 Å². The maximum Gasteiger partial charge on any atom is 0.315 e. The van der Waals surface area contributed by atoms with Crippen LogP contribution in [0.2, 0.25) is 5.02 Å². The van der Waals surface area contributed by atoms with Crippen molar-refractivity contribution in [3.8, 4) is 5.75 Å². The van der Waals surface area contributed by atoms with Crippen molar-refractivity contribution in [3.63, 3.8) is 0 Å². The predicted octanol–water partition coefficient (Wildman–Crippen LogP) is 3.23. The van der Waals surface area contributed by atoms with Crippen molar-refractivity contribution in [1.82, 2.24) is 0 Å². The number of carbonyl (C=O) groups is 2. The van der Waals surface area contributed by atoms with Crippen molar-refractivity contribution in [2.45, 2.75) is 26.9 Å². The Balaban J connectivity index is 2.58. The molecule has 0 saturated carbocycles. The van der Waals surface area contributed by atoms with Crippen LogP contribution in [-0.2, 0) is 9.53 Å². The Morgan fingerprint density at radius 3 is 2.64 bits per heavy atom. The average molecular weight is 325 g/mol. The lowest BCUT2D eigenvalue weighted by atomic mass is 9.78. The third kappa shape index (κ3) is 2.46. The van der Waals surface area contributed by atoms with Gasteiger partial charge in [-0.25, -0.2) is 0 Å². The highest BCUT2D eigenvalue weighted by Crippen LogP contribution is 2.40. The predicted molar refractivity (Wildman–Crippen MR) is 81.4 cm³/mol. The Hall–Kier alpha value is -2.01. The molecule has 1 aromatic rings. The summed E-state index contributed by atoms with van der Waals surface area (Å²) in [5, 5.41) is 9.88. The topological polar surface area (TPSA) is 72.8 Å². The first-order chi connectivity index (χ1) is 10.2. The van der Waals surface area contributed by atoms with Crippen LogP contribution in [0.3, 0.4) is 0 Å². The molecule has 0 radical (unpaired) electrons. The normalized spacial score (nSPS) is 19.6. The largest absolute Gasteiger partial charge is 0.515 e. The van der Waals surface area contributed by atoms with Crippen LogP contribution >= 0.6 is 11.6 Å². The number of benzene rings is 1. The van der Waals surface area contributed by atoms with Crippen LogP contribution in [0.4, 0.5) is 0 Å². The third-order valence-corrected chi connectivity index (χ3v) is 4.21. The molecule has 1 atom stereocenters. The summed E-state index contributed by atoms with van der Waals surface area (Å²) in [5.74, 6) is -0.633. The maximum atomic E-state index is 12.6. The first-order valence-corrected chi connectivity index (χ1v) is 7.06. The highest BCUT2D eigenvalue weighted by Gasteiger charge is 2.47. The van der Waals surface area contributed by atoms with Gasteiger partial charge in [-0.2, -0.15) is 0 Å². The number of aliphatic hydroxyl groups is 1. The van der Waals surface area contributed by atoms with Crippen LogP contribution < -0.4 is 4.74 Å². The molecule has 0 saturated heterocycles. The fourth-order valence-corrected chi connectivity index (χ4v) is 2.59. The average Bonchev–Trinajstić information content (AvgIpc) is 2.48. The van der Waals surface area contributed by atoms with Gasteiger partial charge < -0.3 is 14.6 Å². The Morgan fingerprint density at radius 1 is 1.45 bits per heavy atom. The van der Waals surface area contributed by atoms with Gasteiger partial charge in [0.15, 0.2) is 5.78 Å². The molecule has 118 valence electrons. The quantitative estimate of drug-likeness (QED) is 0.513. The van der Waals surface area contributed by atoms with E-state index in [1.807, 2.05) is 0 Å². The Morgan fingerprint density at radius 2 is 2.09 bits per heavy atom. The van der Waals surface area contributed by atoms with Gasteiger partial charge in [-0.1, -0.05) is 11.6 Å². The van der Waals surface area contributed by atoms with Crippen LogP contribution in [0.1, 0.15) is 29.8 Å². The maximum absolute atomic E-state index is 12.6. The van der Waals surface area contributed by atoms with Gasteiger partial charge in [-0.15, -0.1) is 0 Å². The smallest absolute Gasteiger partial charge is 0.315 e. The molecule has 0 aromatic heterocycles. The molecular formula is C16H17ClO5. The molecule has 1 N–H and O–H groups in total. The van der Waals surface area contributed by atoms with E-state index in [0.29, 0.717) is 17.0 Å². The van der Waals surface area contributed by atoms with E-state index in [2.05, 4.69) is 0 Å². The number of fused-ring (bicyclic) bond motifs is 1. The summed E-state index contributed by atoms with van der Waals surface area (Å²) < 4.78 is 10.6. The van der Waals surface area contributed by atoms with E-state index in [4.69, 9.17) is 21.1 Å². The van der Waals surface area contributed by atoms with Crippen molar-refractivity contribution < 1.29 is 24.2 Å². The van der Waals surface area contributed by atoms with Gasteiger partial charge >= 0.3 is 5.97 Å². The molecule has 1 unspecified atom stereocenters. The second kappa shape index (κ2) is 5.65. The molecule has 1 aliphatic rings. The number of halogens is 1. The van der Waals surface area contributed by atoms with E-state index in [1.165, 1.54) is 13.2 Å². The zero-order valence-corrected chi connectivity index (χ0v) is 13.5. The van der Waals surface area contributed by atoms with Gasteiger partial charge in [0.25, 0.3) is 0 Å². The lowest BCUT2D eigenvalue weighted by molar-refractivity contribution is -0.155. The molecule has 1 aromatic carbocycles. The number of methoxy groups -OCH3 is 1. The Kier molecular flexibility index (Phi) is 4.20. The van der Waals surface area contributed by atoms with Crippen molar-refractivity contribution >= 4 is 23.4 Å². The fraction of sp³-hybridized carbons (Fsp3) is 0.375. The summed E-state index contributed by atoms with van der Waals surface area (Å²) in [6.07, 6.45) is -0.278. The standard InChI is InChI=1S/C16H17ClO5/c1-8-5-12-9(6-11(8)17)13(19)10(7-18)14(22-12)16(2,3)15(20)21-4/h5-7,14,18H,1-4H3. The van der Waals surface area contributed by atoms with Gasteiger partial charge in [0.2, 0.25) is 0 Å². The Labute approximate surface area is 133 Å². The van der Waals surface area contributed by atoms with E-state index >= 15 is 0 Å². The minimum Gasteiger partial charge on any atom is -0.515 e. The van der Waals surface area contributed by atoms with Crippen molar-refractivity contribution in [3.05, 3.63) is 40.1 Å². The van der Waals surface area contributed by atoms with Gasteiger partial charge in [0, 0.05) is 5.02 Å². The molecule has 1 aliphatic heterocycles. The highest BCUT2D eigenvalue weighted by molar-refractivity contribution is 6.32. The summed E-state index contributed by atoms with van der Waals surface area (Å²) in [5.41, 5.74) is -0.153. The second-order valence-corrected chi connectivity index (χ2v) is 6.13. The summed E-state index contributed by atoms with van der Waals surface area (Å²) in [7, 11) is 1.26. The van der Waals surface area contributed by atoms with Crippen molar-refractivity contribution in [1.29, 1.82) is 0 Å². The summed E-state index contributed by atoms with van der Waals surface area (Å²) in [6.45, 7) is 4.97. The van der Waals surface area contributed by atoms with Gasteiger partial charge in [0.1, 0.15) is 17.3 Å². The highest BCUT2D eigenvalue weighted by atomic mass is 35.5. The second-order valence-electron chi connectivity index (χ2n) is 5.72. The third-order valence-electron chi connectivity index (χ3n) is 3.80. The van der Waals surface area contributed by atoms with E-state index in [0.717, 1.165) is 5.56 Å². The number of aryl methyl sites for hydroxylation is 1. The van der Waals surface area contributed by atoms with Gasteiger partial charge in [0.05, 0.1) is 24.5 Å². The number of hydrogen-bond donors (Lipinski definition) is 1. The summed E-state index contributed by atoms with van der Waals surface area (Å²) in [4.78, 5) is 24.6. The number of carbonyl (C=O) groups excluding carboxylic acids is 2. The SMILES string of the molecule is COC(=O)C(C)(C)C1Oc2cc(C)c(Cl)cc2C(=O)C1=CO. The first-order valence-electron chi connectivity index (χ1n) is 6.68. The lowest BCUT2D eigenvalue weighted by Crippen LogP contribution is -2.46. The lowest BCUT2D eigenvalue weighted by Gasteiger charge is -2.36. The monoisotopic (exact) mass is 324 g/mol. The number of esters is 1. The number of Topliss-reactive ketones (excluding diaryl/α,β-unsaturated/α-hetero) is 1. The van der Waals surface area contributed by atoms with Gasteiger partial charge in [-0.3, -0.25) is 9.59 Å². The molecule has 6 heteroatoms. The molecule has 2 rings (SSSR count). The van der Waals surface area contributed by atoms with E-state index in [9.17, 15) is 14.7 Å². The number of ketones is 1. The summed E-state index contributed by atoms with van der Waals surface area (Å²) >= 11 is 6.04. The molecule has 5 nitrogen and oxygen atoms in total.